The van der Waals surface area contributed by atoms with E-state index < -0.39 is 30.1 Å². The number of carboxylic acid groups (broad SMARTS) is 1. The van der Waals surface area contributed by atoms with Gasteiger partial charge in [-0.3, -0.25) is 9.59 Å². The van der Waals surface area contributed by atoms with Gasteiger partial charge in [-0.2, -0.15) is 0 Å². The fraction of sp³-hybridized carbons (Fsp3) is 0.286. The third-order valence-electron chi connectivity index (χ3n) is 2.65. The first-order chi connectivity index (χ1) is 10.4. The van der Waals surface area contributed by atoms with Gasteiger partial charge in [0.05, 0.1) is 16.2 Å². The van der Waals surface area contributed by atoms with Crippen LogP contribution in [-0.4, -0.2) is 29.0 Å². The molecule has 0 saturated heterocycles. The molecule has 0 fully saturated rings. The predicted molar refractivity (Wildman–Crippen MR) is 74.7 cm³/mol. The van der Waals surface area contributed by atoms with Crippen LogP contribution in [0.5, 0.6) is 0 Å². The van der Waals surface area contributed by atoms with Gasteiger partial charge in [-0.1, -0.05) is 12.1 Å². The number of ether oxygens (including phenoxy) is 2. The first kappa shape index (κ1) is 19.6. The van der Waals surface area contributed by atoms with Gasteiger partial charge >= 0.3 is 41.5 Å². The molecule has 116 valence electrons. The molecule has 9 heteroatoms. The monoisotopic (exact) mass is 345 g/mol. The van der Waals surface area contributed by atoms with Crippen LogP contribution in [0, 0.1) is 0 Å². The molecular formula is C14H12NNaO6S. The molecule has 0 aliphatic heterocycles. The number of para-hydroxylation sites is 1. The smallest absolute Gasteiger partial charge is 0.546 e. The second-order valence-corrected chi connectivity index (χ2v) is 5.46. The SMILES string of the molecule is CC(=O)OC(C(=O)[O-])C(OC(C)=O)c1nc2ccccc2s1.[Na+]. The molecule has 2 unspecified atom stereocenters. The van der Waals surface area contributed by atoms with E-state index in [2.05, 4.69) is 4.98 Å². The summed E-state index contributed by atoms with van der Waals surface area (Å²) in [5, 5.41) is 11.5. The van der Waals surface area contributed by atoms with Crippen LogP contribution in [0.3, 0.4) is 0 Å². The number of fused-ring (bicyclic) bond motifs is 1. The molecule has 0 bridgehead atoms. The largest absolute Gasteiger partial charge is 1.00 e. The first-order valence-electron chi connectivity index (χ1n) is 6.29. The van der Waals surface area contributed by atoms with Crippen molar-refractivity contribution in [2.24, 2.45) is 0 Å². The topological polar surface area (TPSA) is 106 Å². The summed E-state index contributed by atoms with van der Waals surface area (Å²) in [5.41, 5.74) is 0.625. The van der Waals surface area contributed by atoms with Crippen molar-refractivity contribution in [3.05, 3.63) is 29.3 Å². The maximum atomic E-state index is 11.3. The minimum atomic E-state index is -1.76. The summed E-state index contributed by atoms with van der Waals surface area (Å²) in [4.78, 5) is 37.8. The Bertz CT molecular complexity index is 698. The summed E-state index contributed by atoms with van der Waals surface area (Å²) >= 11 is 1.15. The average Bonchev–Trinajstić information content (AvgIpc) is 2.85. The average molecular weight is 345 g/mol. The second-order valence-electron chi connectivity index (χ2n) is 4.40. The molecule has 2 atom stereocenters. The number of hydrogen-bond donors (Lipinski definition) is 0. The van der Waals surface area contributed by atoms with Crippen molar-refractivity contribution < 1.29 is 58.5 Å². The number of aromatic nitrogens is 1. The van der Waals surface area contributed by atoms with E-state index in [0.29, 0.717) is 5.52 Å². The van der Waals surface area contributed by atoms with Gasteiger partial charge in [0.1, 0.15) is 5.01 Å². The van der Waals surface area contributed by atoms with E-state index in [-0.39, 0.29) is 34.6 Å². The Morgan fingerprint density at radius 1 is 1.13 bits per heavy atom. The molecule has 2 rings (SSSR count). The van der Waals surface area contributed by atoms with Crippen LogP contribution in [0.1, 0.15) is 25.0 Å². The Morgan fingerprint density at radius 3 is 2.26 bits per heavy atom. The molecule has 23 heavy (non-hydrogen) atoms. The zero-order valence-electron chi connectivity index (χ0n) is 12.8. The van der Waals surface area contributed by atoms with E-state index in [1.54, 1.807) is 24.3 Å². The Hall–Kier alpha value is -1.48. The number of aliphatic carboxylic acids is 1. The van der Waals surface area contributed by atoms with E-state index in [1.165, 1.54) is 0 Å². The number of carboxylic acids is 1. The van der Waals surface area contributed by atoms with E-state index in [9.17, 15) is 19.5 Å². The molecule has 1 aromatic carbocycles. The van der Waals surface area contributed by atoms with Crippen LogP contribution in [0.25, 0.3) is 10.2 Å². The molecule has 1 heterocycles. The van der Waals surface area contributed by atoms with Crippen molar-refractivity contribution in [1.29, 1.82) is 0 Å². The maximum Gasteiger partial charge on any atom is 1.00 e. The van der Waals surface area contributed by atoms with Crippen molar-refractivity contribution in [2.75, 3.05) is 0 Å². The summed E-state index contributed by atoms with van der Waals surface area (Å²) in [6.45, 7) is 2.18. The molecule has 7 nitrogen and oxygen atoms in total. The number of carbonyl (C=O) groups excluding carboxylic acids is 3. The Kier molecular flexibility index (Phi) is 7.14. The van der Waals surface area contributed by atoms with E-state index in [4.69, 9.17) is 9.47 Å². The molecule has 0 aliphatic rings. The maximum absolute atomic E-state index is 11.3. The van der Waals surface area contributed by atoms with Crippen LogP contribution in [0.15, 0.2) is 24.3 Å². The van der Waals surface area contributed by atoms with Gasteiger partial charge in [0.25, 0.3) is 0 Å². The van der Waals surface area contributed by atoms with Gasteiger partial charge in [-0.05, 0) is 12.1 Å². The fourth-order valence-corrected chi connectivity index (χ4v) is 2.87. The number of hydrogen-bond acceptors (Lipinski definition) is 8. The standard InChI is InChI=1S/C14H13NO6S.Na/c1-7(16)20-11(12(14(18)19)21-8(2)17)13-15-9-5-3-4-6-10(9)22-13;/h3-6,11-12H,1-2H3,(H,18,19);/q;+1/p-1. The number of nitrogens with zero attached hydrogens (tertiary/aromatic N) is 1. The second kappa shape index (κ2) is 8.39. The van der Waals surface area contributed by atoms with Crippen molar-refractivity contribution in [3.8, 4) is 0 Å². The van der Waals surface area contributed by atoms with Crippen molar-refractivity contribution >= 4 is 39.5 Å². The van der Waals surface area contributed by atoms with Crippen LogP contribution in [-0.2, 0) is 23.9 Å². The molecule has 0 aliphatic carbocycles. The van der Waals surface area contributed by atoms with Crippen molar-refractivity contribution in [1.82, 2.24) is 4.98 Å². The summed E-state index contributed by atoms with van der Waals surface area (Å²) in [6, 6.07) is 7.10. The molecule has 2 aromatic rings. The molecule has 0 N–H and O–H groups in total. The summed E-state index contributed by atoms with van der Waals surface area (Å²) in [7, 11) is 0. The molecular weight excluding hydrogens is 333 g/mol. The van der Waals surface area contributed by atoms with Crippen LogP contribution >= 0.6 is 11.3 Å². The fourth-order valence-electron chi connectivity index (χ4n) is 1.84. The summed E-state index contributed by atoms with van der Waals surface area (Å²) < 4.78 is 10.5. The van der Waals surface area contributed by atoms with Gasteiger partial charge < -0.3 is 19.4 Å². The predicted octanol–water partition coefficient (Wildman–Crippen LogP) is -2.41. The van der Waals surface area contributed by atoms with E-state index >= 15 is 0 Å². The third-order valence-corrected chi connectivity index (χ3v) is 3.74. The quantitative estimate of drug-likeness (QED) is 0.439. The Morgan fingerprint density at radius 2 is 1.74 bits per heavy atom. The zero-order chi connectivity index (χ0) is 16.3. The molecule has 0 radical (unpaired) electrons. The van der Waals surface area contributed by atoms with Crippen LogP contribution in [0.4, 0.5) is 0 Å². The molecule has 0 spiro atoms. The van der Waals surface area contributed by atoms with Gasteiger partial charge in [-0.25, -0.2) is 4.98 Å². The minimum Gasteiger partial charge on any atom is -0.546 e. The Balaban J connectivity index is 0.00000264. The Labute approximate surface area is 157 Å². The number of thiazole rings is 1. The van der Waals surface area contributed by atoms with Crippen molar-refractivity contribution in [2.45, 2.75) is 26.1 Å². The van der Waals surface area contributed by atoms with Gasteiger partial charge in [-0.15, -0.1) is 11.3 Å². The van der Waals surface area contributed by atoms with Crippen LogP contribution < -0.4 is 34.7 Å². The minimum absolute atomic E-state index is 0. The third kappa shape index (κ3) is 5.00. The van der Waals surface area contributed by atoms with Crippen molar-refractivity contribution in [3.63, 3.8) is 0 Å². The van der Waals surface area contributed by atoms with Gasteiger partial charge in [0.2, 0.25) is 0 Å². The number of rotatable bonds is 5. The summed E-state index contributed by atoms with van der Waals surface area (Å²) in [6.07, 6.45) is -3.12. The van der Waals surface area contributed by atoms with Gasteiger partial charge in [0.15, 0.2) is 12.2 Å². The molecule has 0 saturated carbocycles. The normalized spacial score (nSPS) is 12.8. The summed E-state index contributed by atoms with van der Waals surface area (Å²) in [5.74, 6) is -3.21. The van der Waals surface area contributed by atoms with E-state index in [0.717, 1.165) is 29.9 Å². The van der Waals surface area contributed by atoms with E-state index in [1.807, 2.05) is 0 Å². The zero-order valence-corrected chi connectivity index (χ0v) is 15.6. The first-order valence-corrected chi connectivity index (χ1v) is 7.11. The molecule has 0 amide bonds. The van der Waals surface area contributed by atoms with Crippen LogP contribution in [0.2, 0.25) is 0 Å². The molecule has 1 aromatic heterocycles. The van der Waals surface area contributed by atoms with Gasteiger partial charge in [0, 0.05) is 13.8 Å². The number of carbonyl (C=O) groups is 3. The number of esters is 2. The number of benzene rings is 1.